The van der Waals surface area contributed by atoms with Gasteiger partial charge < -0.3 is 16.0 Å². The zero-order valence-electron chi connectivity index (χ0n) is 20.6. The third-order valence-electron chi connectivity index (χ3n) is 6.04. The third kappa shape index (κ3) is 23.7. The molecule has 0 aromatic heterocycles. The highest BCUT2D eigenvalue weighted by atomic mass is 16.5. The van der Waals surface area contributed by atoms with E-state index >= 15 is 0 Å². The summed E-state index contributed by atoms with van der Waals surface area (Å²) in [4.78, 5) is 11.8. The first kappa shape index (κ1) is 31.6. The fourth-order valence-corrected chi connectivity index (χ4v) is 4.12. The minimum Gasteiger partial charge on any atom is -0.463 e. The Kier molecular flexibility index (Phi) is 27.8. The van der Waals surface area contributed by atoms with Crippen molar-refractivity contribution in [3.05, 3.63) is 0 Å². The molecule has 0 spiro atoms. The molecule has 0 rings (SSSR count). The van der Waals surface area contributed by atoms with Gasteiger partial charge in [0.05, 0.1) is 6.61 Å². The highest BCUT2D eigenvalue weighted by Crippen LogP contribution is 2.24. The van der Waals surface area contributed by atoms with E-state index in [0.29, 0.717) is 12.3 Å². The summed E-state index contributed by atoms with van der Waals surface area (Å²) in [7, 11) is 0. The first-order valence-electron chi connectivity index (χ1n) is 13.0. The zero-order valence-corrected chi connectivity index (χ0v) is 20.6. The summed E-state index contributed by atoms with van der Waals surface area (Å²) in [6.07, 6.45) is 25.8. The van der Waals surface area contributed by atoms with Gasteiger partial charge in [-0.15, -0.1) is 0 Å². The van der Waals surface area contributed by atoms with Gasteiger partial charge in [-0.1, -0.05) is 129 Å². The molecule has 182 valence electrons. The largest absolute Gasteiger partial charge is 0.463 e. The third-order valence-corrected chi connectivity index (χ3v) is 6.04. The van der Waals surface area contributed by atoms with Gasteiger partial charge in [0.15, 0.2) is 0 Å². The van der Waals surface area contributed by atoms with Crippen LogP contribution >= 0.6 is 0 Å². The molecule has 4 heteroatoms. The Morgan fingerprint density at radius 3 is 1.47 bits per heavy atom. The van der Waals surface area contributed by atoms with Gasteiger partial charge in [-0.25, -0.2) is 0 Å². The van der Waals surface area contributed by atoms with Crippen LogP contribution in [0.4, 0.5) is 0 Å². The molecule has 0 atom stereocenters. The minimum atomic E-state index is -0.143. The number of unbranched alkanes of at least 4 members (excludes halogenated alkanes) is 14. The van der Waals surface area contributed by atoms with Crippen LogP contribution in [0.5, 0.6) is 0 Å². The topological polar surface area (TPSA) is 81.5 Å². The highest BCUT2D eigenvalue weighted by Gasteiger charge is 2.12. The van der Waals surface area contributed by atoms with Crippen LogP contribution in [0.1, 0.15) is 142 Å². The van der Waals surface area contributed by atoms with E-state index in [2.05, 4.69) is 13.8 Å². The fraction of sp³-hybridized carbons (Fsp3) is 0.962. The lowest BCUT2D eigenvalue weighted by Gasteiger charge is -2.16. The van der Waals surface area contributed by atoms with Crippen molar-refractivity contribution < 1.29 is 14.6 Å². The van der Waals surface area contributed by atoms with Crippen molar-refractivity contribution in [2.75, 3.05) is 13.2 Å². The average Bonchev–Trinajstić information content (AvgIpc) is 2.73. The van der Waals surface area contributed by atoms with Gasteiger partial charge in [0.25, 0.3) is 0 Å². The van der Waals surface area contributed by atoms with E-state index in [1.165, 1.54) is 116 Å². The molecule has 0 aliphatic carbocycles. The van der Waals surface area contributed by atoms with E-state index in [-0.39, 0.29) is 25.3 Å². The first-order chi connectivity index (χ1) is 14.2. The summed E-state index contributed by atoms with van der Waals surface area (Å²) in [5, 5.41) is 8.78. The standard InChI is InChI=1S/C26H52O3.H3N/c1-3-5-7-9-11-13-15-17-19-25(21-22-26(28)29-24-23-27)20-18-16-14-12-10-8-6-4-2;/h25,27H,3-24H2,1-2H3;1H3. The zero-order chi connectivity index (χ0) is 21.4. The predicted octanol–water partition coefficient (Wildman–Crippen LogP) is 8.14. The average molecular weight is 430 g/mol. The Morgan fingerprint density at radius 2 is 1.07 bits per heavy atom. The van der Waals surface area contributed by atoms with Gasteiger partial charge >= 0.3 is 5.97 Å². The molecule has 4 N–H and O–H groups in total. The normalized spacial score (nSPS) is 10.9. The number of esters is 1. The first-order valence-corrected chi connectivity index (χ1v) is 13.0. The van der Waals surface area contributed by atoms with Gasteiger partial charge in [-0.3, -0.25) is 4.79 Å². The van der Waals surface area contributed by atoms with E-state index in [1.54, 1.807) is 0 Å². The maximum Gasteiger partial charge on any atom is 0.305 e. The van der Waals surface area contributed by atoms with Crippen molar-refractivity contribution in [2.45, 2.75) is 142 Å². The molecule has 0 amide bonds. The minimum absolute atomic E-state index is 0. The number of aliphatic hydroxyl groups excluding tert-OH is 1. The second kappa shape index (κ2) is 26.4. The summed E-state index contributed by atoms with van der Waals surface area (Å²) >= 11 is 0. The number of ether oxygens (including phenoxy) is 1. The molecule has 0 saturated carbocycles. The Balaban J connectivity index is 0. The summed E-state index contributed by atoms with van der Waals surface area (Å²) in [5.74, 6) is 0.521. The molecule has 0 aliphatic heterocycles. The molecule has 0 unspecified atom stereocenters. The Morgan fingerprint density at radius 1 is 0.667 bits per heavy atom. The second-order valence-electron chi connectivity index (χ2n) is 8.88. The summed E-state index contributed by atoms with van der Waals surface area (Å²) in [5.41, 5.74) is 0. The lowest BCUT2D eigenvalue weighted by Crippen LogP contribution is -2.11. The Labute approximate surface area is 188 Å². The molecule has 0 aromatic rings. The van der Waals surface area contributed by atoms with Gasteiger partial charge in [0.2, 0.25) is 0 Å². The molecule has 0 fully saturated rings. The molecule has 0 aromatic carbocycles. The van der Waals surface area contributed by atoms with E-state index in [9.17, 15) is 4.79 Å². The number of carbonyl (C=O) groups is 1. The number of carbonyl (C=O) groups excluding carboxylic acids is 1. The molecule has 0 radical (unpaired) electrons. The maximum absolute atomic E-state index is 11.8. The van der Waals surface area contributed by atoms with Crippen LogP contribution in [0.15, 0.2) is 0 Å². The van der Waals surface area contributed by atoms with E-state index in [4.69, 9.17) is 9.84 Å². The SMILES string of the molecule is CCCCCCCCCCC(CCCCCCCCCC)CCC(=O)OCCO.N. The monoisotopic (exact) mass is 429 g/mol. The second-order valence-corrected chi connectivity index (χ2v) is 8.88. The molecule has 4 nitrogen and oxygen atoms in total. The van der Waals surface area contributed by atoms with Crippen LogP contribution in [0.25, 0.3) is 0 Å². The predicted molar refractivity (Wildman–Crippen MR) is 130 cm³/mol. The van der Waals surface area contributed by atoms with E-state index in [1.807, 2.05) is 0 Å². The van der Waals surface area contributed by atoms with Crippen LogP contribution in [0.3, 0.4) is 0 Å². The van der Waals surface area contributed by atoms with Gasteiger partial charge in [0.1, 0.15) is 6.61 Å². The van der Waals surface area contributed by atoms with Crippen molar-refractivity contribution in [2.24, 2.45) is 5.92 Å². The van der Waals surface area contributed by atoms with E-state index in [0.717, 1.165) is 6.42 Å². The molecule has 0 heterocycles. The Hall–Kier alpha value is -0.610. The molecule has 30 heavy (non-hydrogen) atoms. The fourth-order valence-electron chi connectivity index (χ4n) is 4.12. The molecule has 0 aliphatic rings. The van der Waals surface area contributed by atoms with Crippen molar-refractivity contribution >= 4 is 5.97 Å². The summed E-state index contributed by atoms with van der Waals surface area (Å²) in [6, 6.07) is 0. The summed E-state index contributed by atoms with van der Waals surface area (Å²) < 4.78 is 5.03. The van der Waals surface area contributed by atoms with Gasteiger partial charge in [0, 0.05) is 6.42 Å². The molecule has 0 saturated heterocycles. The lowest BCUT2D eigenvalue weighted by atomic mass is 9.90. The number of aliphatic hydroxyl groups is 1. The number of hydrogen-bond acceptors (Lipinski definition) is 4. The van der Waals surface area contributed by atoms with Gasteiger partial charge in [-0.2, -0.15) is 0 Å². The van der Waals surface area contributed by atoms with Crippen molar-refractivity contribution in [1.82, 2.24) is 6.15 Å². The van der Waals surface area contributed by atoms with Crippen LogP contribution in [0, 0.1) is 5.92 Å². The van der Waals surface area contributed by atoms with Crippen LogP contribution in [0.2, 0.25) is 0 Å². The van der Waals surface area contributed by atoms with Crippen molar-refractivity contribution in [3.63, 3.8) is 0 Å². The smallest absolute Gasteiger partial charge is 0.305 e. The Bertz CT molecular complexity index is 316. The maximum atomic E-state index is 11.8. The number of rotatable bonds is 23. The van der Waals surface area contributed by atoms with Crippen LogP contribution in [-0.2, 0) is 9.53 Å². The molecular formula is C26H55NO3. The highest BCUT2D eigenvalue weighted by molar-refractivity contribution is 5.69. The van der Waals surface area contributed by atoms with Crippen LogP contribution in [-0.4, -0.2) is 24.3 Å². The number of hydrogen-bond donors (Lipinski definition) is 2. The van der Waals surface area contributed by atoms with Gasteiger partial charge in [-0.05, 0) is 12.3 Å². The quantitative estimate of drug-likeness (QED) is 0.127. The van der Waals surface area contributed by atoms with E-state index < -0.39 is 0 Å². The summed E-state index contributed by atoms with van der Waals surface area (Å²) in [6.45, 7) is 4.60. The van der Waals surface area contributed by atoms with Crippen molar-refractivity contribution in [3.8, 4) is 0 Å². The molecular weight excluding hydrogens is 374 g/mol. The lowest BCUT2D eigenvalue weighted by molar-refractivity contribution is -0.145. The van der Waals surface area contributed by atoms with Crippen molar-refractivity contribution in [1.29, 1.82) is 0 Å². The van der Waals surface area contributed by atoms with Crippen LogP contribution < -0.4 is 6.15 Å². The molecule has 0 bridgehead atoms.